The number of piperazine rings is 1. The number of nitrogen functional groups attached to an aromatic ring is 1. The number of fused-ring (bicyclic) bond motifs is 3. The van der Waals surface area contributed by atoms with Crippen molar-refractivity contribution in [3.8, 4) is 17.2 Å². The van der Waals surface area contributed by atoms with Crippen molar-refractivity contribution < 1.29 is 18.1 Å². The Morgan fingerprint density at radius 3 is 2.74 bits per heavy atom. The smallest absolute Gasteiger partial charge is 0.223 e. The predicted octanol–water partition coefficient (Wildman–Crippen LogP) is 2.64. The average molecular weight is 553 g/mol. The Hall–Kier alpha value is -3.81. The number of halogens is 1. The lowest BCUT2D eigenvalue weighted by molar-refractivity contribution is 0.248. The van der Waals surface area contributed by atoms with Gasteiger partial charge in [0.15, 0.2) is 11.4 Å². The monoisotopic (exact) mass is 552 g/mol. The fourth-order valence-corrected chi connectivity index (χ4v) is 5.15. The van der Waals surface area contributed by atoms with E-state index >= 15 is 0 Å². The molecule has 0 aliphatic carbocycles. The van der Waals surface area contributed by atoms with Crippen molar-refractivity contribution in [1.29, 1.82) is 0 Å². The van der Waals surface area contributed by atoms with Crippen molar-refractivity contribution in [2.45, 2.75) is 6.54 Å². The van der Waals surface area contributed by atoms with Gasteiger partial charge in [-0.1, -0.05) is 11.2 Å². The Kier molecular flexibility index (Phi) is 7.02. The minimum atomic E-state index is -0.939. The van der Waals surface area contributed by atoms with Crippen molar-refractivity contribution in [3.05, 3.63) is 54.8 Å². The molecule has 0 saturated carbocycles. The highest BCUT2D eigenvalue weighted by molar-refractivity contribution is 7.90. The van der Waals surface area contributed by atoms with Crippen molar-refractivity contribution in [1.82, 2.24) is 29.0 Å². The summed E-state index contributed by atoms with van der Waals surface area (Å²) in [5.74, 6) is 1.50. The largest absolute Gasteiger partial charge is 0.616 e. The summed E-state index contributed by atoms with van der Waals surface area (Å²) in [5.41, 5.74) is 9.68. The summed E-state index contributed by atoms with van der Waals surface area (Å²) in [7, 11) is 0. The van der Waals surface area contributed by atoms with Crippen LogP contribution in [0.4, 0.5) is 16.0 Å². The predicted molar refractivity (Wildman–Crippen MR) is 148 cm³/mol. The van der Waals surface area contributed by atoms with Crippen LogP contribution < -0.4 is 15.4 Å². The highest BCUT2D eigenvalue weighted by atomic mass is 32.2. The summed E-state index contributed by atoms with van der Waals surface area (Å²) in [6.45, 7) is 4.84. The molecule has 1 aliphatic rings. The zero-order valence-corrected chi connectivity index (χ0v) is 22.3. The maximum absolute atomic E-state index is 14.8. The van der Waals surface area contributed by atoms with Crippen LogP contribution in [0.3, 0.4) is 0 Å². The van der Waals surface area contributed by atoms with Crippen LogP contribution in [-0.4, -0.2) is 84.9 Å². The van der Waals surface area contributed by atoms with E-state index in [2.05, 4.69) is 24.9 Å². The van der Waals surface area contributed by atoms with Gasteiger partial charge in [0.05, 0.1) is 24.5 Å². The SMILES string of the molecule is C[S@@+]([O-])CCOc1ccc(N2CCN(CCn3cnc4c3nc(N)n3nc(-c5ccco5)cc43)CC2)c(F)c1. The van der Waals surface area contributed by atoms with Crippen LogP contribution in [0.1, 0.15) is 0 Å². The van der Waals surface area contributed by atoms with Crippen LogP contribution in [0.25, 0.3) is 28.1 Å². The number of ether oxygens (including phenoxy) is 1. The summed E-state index contributed by atoms with van der Waals surface area (Å²) in [6, 6.07) is 10.5. The first-order valence-electron chi connectivity index (χ1n) is 12.7. The second-order valence-electron chi connectivity index (χ2n) is 9.45. The first-order chi connectivity index (χ1) is 19.0. The van der Waals surface area contributed by atoms with E-state index in [1.54, 1.807) is 35.5 Å². The number of furan rings is 1. The van der Waals surface area contributed by atoms with E-state index < -0.39 is 11.2 Å². The maximum Gasteiger partial charge on any atom is 0.223 e. The maximum atomic E-state index is 14.8. The minimum absolute atomic E-state index is 0.282. The number of hydrogen-bond acceptors (Lipinski definition) is 9. The molecule has 1 atom stereocenters. The molecule has 1 fully saturated rings. The molecule has 204 valence electrons. The Morgan fingerprint density at radius 1 is 1.15 bits per heavy atom. The van der Waals surface area contributed by atoms with Crippen molar-refractivity contribution in [2.75, 3.05) is 62.0 Å². The Bertz CT molecular complexity index is 1580. The van der Waals surface area contributed by atoms with Gasteiger partial charge in [0.2, 0.25) is 5.95 Å². The van der Waals surface area contributed by atoms with Gasteiger partial charge in [0.25, 0.3) is 0 Å². The molecule has 39 heavy (non-hydrogen) atoms. The molecule has 5 heterocycles. The molecule has 0 unspecified atom stereocenters. The molecule has 0 spiro atoms. The molecule has 0 radical (unpaired) electrons. The highest BCUT2D eigenvalue weighted by Crippen LogP contribution is 2.27. The molecule has 1 saturated heterocycles. The zero-order chi connectivity index (χ0) is 26.9. The van der Waals surface area contributed by atoms with Gasteiger partial charge in [-0.2, -0.15) is 14.6 Å². The van der Waals surface area contributed by atoms with E-state index in [4.69, 9.17) is 14.9 Å². The van der Waals surface area contributed by atoms with Crippen molar-refractivity contribution in [2.24, 2.45) is 0 Å². The third-order valence-electron chi connectivity index (χ3n) is 6.90. The molecule has 0 bridgehead atoms. The molecule has 1 aliphatic heterocycles. The quantitative estimate of drug-likeness (QED) is 0.275. The standard InChI is InChI=1S/C26H29FN8O3S/c1-39(36)14-13-37-18-4-5-21(19(27)15-18)33-9-6-32(7-10-33)8-11-34-17-29-24-22-16-20(23-3-2-12-38-23)31-35(22)26(28)30-25(24)34/h2-5,12,15-17H,6-11,13-14H2,1H3,(H2,28,30)/t39-/m1/s1. The lowest BCUT2D eigenvalue weighted by Crippen LogP contribution is -2.47. The Balaban J connectivity index is 1.08. The Labute approximate surface area is 227 Å². The van der Waals surface area contributed by atoms with Gasteiger partial charge < -0.3 is 28.9 Å². The molecule has 4 aromatic heterocycles. The normalized spacial score (nSPS) is 15.4. The summed E-state index contributed by atoms with van der Waals surface area (Å²) >= 11 is -0.939. The van der Waals surface area contributed by atoms with Crippen molar-refractivity contribution in [3.63, 3.8) is 0 Å². The topological polar surface area (TPSA) is 126 Å². The fourth-order valence-electron chi connectivity index (χ4n) is 4.83. The number of rotatable bonds is 9. The van der Waals surface area contributed by atoms with Crippen LogP contribution in [-0.2, 0) is 17.7 Å². The van der Waals surface area contributed by atoms with E-state index in [0.29, 0.717) is 60.5 Å². The third-order valence-corrected chi connectivity index (χ3v) is 7.64. The second kappa shape index (κ2) is 10.8. The van der Waals surface area contributed by atoms with Crippen LogP contribution >= 0.6 is 0 Å². The molecule has 11 nitrogen and oxygen atoms in total. The van der Waals surface area contributed by atoms with Crippen LogP contribution in [0, 0.1) is 5.82 Å². The fraction of sp³-hybridized carbons (Fsp3) is 0.346. The molecule has 2 N–H and O–H groups in total. The number of nitrogens with zero attached hydrogens (tertiary/aromatic N) is 7. The van der Waals surface area contributed by atoms with E-state index in [9.17, 15) is 8.94 Å². The first-order valence-corrected chi connectivity index (χ1v) is 14.4. The zero-order valence-electron chi connectivity index (χ0n) is 21.5. The molecule has 1 aromatic carbocycles. The summed E-state index contributed by atoms with van der Waals surface area (Å²) in [4.78, 5) is 13.6. The van der Waals surface area contributed by atoms with Gasteiger partial charge in [-0.3, -0.25) is 4.90 Å². The number of nitrogens with two attached hydrogens (primary N) is 1. The van der Waals surface area contributed by atoms with Gasteiger partial charge >= 0.3 is 0 Å². The van der Waals surface area contributed by atoms with Crippen LogP contribution in [0.2, 0.25) is 0 Å². The van der Waals surface area contributed by atoms with Crippen LogP contribution in [0.5, 0.6) is 5.75 Å². The van der Waals surface area contributed by atoms with Gasteiger partial charge in [-0.15, -0.1) is 0 Å². The van der Waals surface area contributed by atoms with E-state index in [-0.39, 0.29) is 11.8 Å². The first kappa shape index (κ1) is 25.5. The van der Waals surface area contributed by atoms with E-state index in [1.165, 1.54) is 6.07 Å². The number of anilines is 2. The van der Waals surface area contributed by atoms with Crippen molar-refractivity contribution >= 4 is 39.5 Å². The summed E-state index contributed by atoms with van der Waals surface area (Å²) in [6.07, 6.45) is 5.01. The number of aromatic nitrogens is 5. The second-order valence-corrected chi connectivity index (χ2v) is 11.0. The molecule has 5 aromatic rings. The average Bonchev–Trinajstić information content (AvgIpc) is 3.68. The lowest BCUT2D eigenvalue weighted by Gasteiger charge is -2.36. The summed E-state index contributed by atoms with van der Waals surface area (Å²) < 4.78 is 40.6. The molecular formula is C26H29FN8O3S. The van der Waals surface area contributed by atoms with Crippen LogP contribution in [0.15, 0.2) is 53.4 Å². The number of imidazole rings is 1. The third kappa shape index (κ3) is 5.24. The van der Waals surface area contributed by atoms with Gasteiger partial charge in [-0.25, -0.2) is 9.37 Å². The molecule has 13 heteroatoms. The van der Waals surface area contributed by atoms with Gasteiger partial charge in [0.1, 0.15) is 40.7 Å². The minimum Gasteiger partial charge on any atom is -0.616 e. The highest BCUT2D eigenvalue weighted by Gasteiger charge is 2.21. The van der Waals surface area contributed by atoms with E-state index in [0.717, 1.165) is 30.7 Å². The number of hydrogen-bond donors (Lipinski definition) is 1. The van der Waals surface area contributed by atoms with Gasteiger partial charge in [-0.05, 0) is 30.3 Å². The van der Waals surface area contributed by atoms with Gasteiger partial charge in [0, 0.05) is 45.3 Å². The summed E-state index contributed by atoms with van der Waals surface area (Å²) in [5, 5.41) is 4.52. The Morgan fingerprint density at radius 2 is 2.00 bits per heavy atom. The molecule has 6 rings (SSSR count). The molecular weight excluding hydrogens is 523 g/mol. The lowest BCUT2D eigenvalue weighted by atomic mass is 10.2. The number of benzene rings is 1. The van der Waals surface area contributed by atoms with E-state index in [1.807, 2.05) is 22.8 Å². The molecule has 0 amide bonds.